The van der Waals surface area contributed by atoms with Crippen LogP contribution in [0.3, 0.4) is 0 Å². The molecule has 0 saturated heterocycles. The van der Waals surface area contributed by atoms with Gasteiger partial charge in [0.2, 0.25) is 0 Å². The van der Waals surface area contributed by atoms with Crippen molar-refractivity contribution in [2.75, 3.05) is 0 Å². The Morgan fingerprint density at radius 3 is 1.89 bits per heavy atom. The van der Waals surface area contributed by atoms with Gasteiger partial charge in [-0.2, -0.15) is 0 Å². The molecule has 0 radical (unpaired) electrons. The van der Waals surface area contributed by atoms with Crippen LogP contribution in [0.4, 0.5) is 0 Å². The highest BCUT2D eigenvalue weighted by atomic mass is 16.4. The molecule has 8 nitrogen and oxygen atoms in total. The van der Waals surface area contributed by atoms with Crippen molar-refractivity contribution in [1.82, 2.24) is 5.32 Å². The SMILES string of the molecule is CCC(C)C(=O)C(CC(=O)O)NC(C)(CC)C(C)(CC)C(=O)CC(N)C(=O)O. The number of carboxylic acid groups (broad SMARTS) is 2. The predicted molar refractivity (Wildman–Crippen MR) is 106 cm³/mol. The molecule has 0 rings (SSSR count). The van der Waals surface area contributed by atoms with E-state index < -0.39 is 35.0 Å². The molecular formula is C20H36N2O6. The Morgan fingerprint density at radius 2 is 1.54 bits per heavy atom. The summed E-state index contributed by atoms with van der Waals surface area (Å²) in [5.74, 6) is -3.22. The molecule has 0 bridgehead atoms. The van der Waals surface area contributed by atoms with Crippen molar-refractivity contribution in [2.45, 2.75) is 91.3 Å². The molecule has 0 aliphatic rings. The number of Topliss-reactive ketones (excluding diaryl/α,β-unsaturated/α-hetero) is 2. The van der Waals surface area contributed by atoms with E-state index in [-0.39, 0.29) is 30.3 Å². The number of hydrogen-bond donors (Lipinski definition) is 4. The molecule has 0 aromatic heterocycles. The number of ketones is 2. The Labute approximate surface area is 167 Å². The average molecular weight is 401 g/mol. The molecule has 0 amide bonds. The van der Waals surface area contributed by atoms with Crippen LogP contribution in [-0.4, -0.2) is 51.3 Å². The fourth-order valence-electron chi connectivity index (χ4n) is 3.39. The molecule has 0 fully saturated rings. The van der Waals surface area contributed by atoms with Gasteiger partial charge in [0.15, 0.2) is 5.78 Å². The van der Waals surface area contributed by atoms with E-state index in [1.807, 2.05) is 20.8 Å². The number of carboxylic acids is 2. The number of carbonyl (C=O) groups is 4. The Kier molecular flexibility index (Phi) is 9.98. The zero-order valence-corrected chi connectivity index (χ0v) is 17.9. The van der Waals surface area contributed by atoms with E-state index in [2.05, 4.69) is 5.32 Å². The van der Waals surface area contributed by atoms with Crippen LogP contribution in [0.25, 0.3) is 0 Å². The van der Waals surface area contributed by atoms with Gasteiger partial charge in [0.1, 0.15) is 11.8 Å². The van der Waals surface area contributed by atoms with Crippen LogP contribution in [0.1, 0.15) is 73.6 Å². The van der Waals surface area contributed by atoms with Gasteiger partial charge in [-0.3, -0.25) is 19.2 Å². The zero-order valence-electron chi connectivity index (χ0n) is 17.9. The van der Waals surface area contributed by atoms with Crippen molar-refractivity contribution >= 4 is 23.5 Å². The molecule has 0 aromatic rings. The van der Waals surface area contributed by atoms with E-state index in [0.29, 0.717) is 19.3 Å². The molecule has 0 spiro atoms. The summed E-state index contributed by atoms with van der Waals surface area (Å²) in [6.45, 7) is 10.7. The lowest BCUT2D eigenvalue weighted by molar-refractivity contribution is -0.144. The minimum atomic E-state index is -1.31. The van der Waals surface area contributed by atoms with Crippen LogP contribution in [0.5, 0.6) is 0 Å². The van der Waals surface area contributed by atoms with Gasteiger partial charge >= 0.3 is 11.9 Å². The van der Waals surface area contributed by atoms with Gasteiger partial charge in [0.25, 0.3) is 0 Å². The summed E-state index contributed by atoms with van der Waals surface area (Å²) in [6.07, 6.45) is 0.681. The summed E-state index contributed by atoms with van der Waals surface area (Å²) >= 11 is 0. The van der Waals surface area contributed by atoms with Gasteiger partial charge in [-0.05, 0) is 26.2 Å². The topological polar surface area (TPSA) is 147 Å². The van der Waals surface area contributed by atoms with E-state index >= 15 is 0 Å². The highest BCUT2D eigenvalue weighted by molar-refractivity contribution is 5.91. The maximum atomic E-state index is 13.0. The highest BCUT2D eigenvalue weighted by Crippen LogP contribution is 2.40. The van der Waals surface area contributed by atoms with Crippen LogP contribution in [0.15, 0.2) is 0 Å². The molecule has 0 saturated carbocycles. The van der Waals surface area contributed by atoms with Crippen LogP contribution in [-0.2, 0) is 19.2 Å². The molecule has 5 N–H and O–H groups in total. The number of nitrogens with two attached hydrogens (primary N) is 1. The molecular weight excluding hydrogens is 364 g/mol. The summed E-state index contributed by atoms with van der Waals surface area (Å²) in [5.41, 5.74) is 3.61. The summed E-state index contributed by atoms with van der Waals surface area (Å²) in [7, 11) is 0. The maximum Gasteiger partial charge on any atom is 0.320 e. The van der Waals surface area contributed by atoms with E-state index in [0.717, 1.165) is 0 Å². The maximum absolute atomic E-state index is 13.0. The lowest BCUT2D eigenvalue weighted by Crippen LogP contribution is -2.63. The standard InChI is InChI=1S/C20H36N2O6/c1-7-12(4)17(26)14(11-16(24)25)22-20(6,9-3)19(5,8-2)15(23)10-13(21)18(27)28/h12-14,22H,7-11,21H2,1-6H3,(H,24,25)(H,27,28). The first-order valence-electron chi connectivity index (χ1n) is 9.84. The summed E-state index contributed by atoms with van der Waals surface area (Å²) in [5, 5.41) is 21.5. The first-order valence-corrected chi connectivity index (χ1v) is 9.84. The Hall–Kier alpha value is -1.80. The monoisotopic (exact) mass is 400 g/mol. The normalized spacial score (nSPS) is 19.0. The number of carbonyl (C=O) groups excluding carboxylic acids is 2. The van der Waals surface area contributed by atoms with Crippen molar-refractivity contribution < 1.29 is 29.4 Å². The smallest absolute Gasteiger partial charge is 0.320 e. The minimum absolute atomic E-state index is 0.210. The summed E-state index contributed by atoms with van der Waals surface area (Å²) in [6, 6.07) is -2.25. The molecule has 0 aromatic carbocycles. The molecule has 5 atom stereocenters. The van der Waals surface area contributed by atoms with Crippen molar-refractivity contribution in [3.8, 4) is 0 Å². The first kappa shape index (κ1) is 26.2. The van der Waals surface area contributed by atoms with Crippen LogP contribution in [0.2, 0.25) is 0 Å². The van der Waals surface area contributed by atoms with E-state index in [1.165, 1.54) is 0 Å². The van der Waals surface area contributed by atoms with Gasteiger partial charge in [-0.1, -0.05) is 34.6 Å². The Bertz CT molecular complexity index is 593. The molecule has 8 heteroatoms. The van der Waals surface area contributed by atoms with Gasteiger partial charge in [0, 0.05) is 23.3 Å². The third-order valence-electron chi connectivity index (χ3n) is 6.28. The average Bonchev–Trinajstić information content (AvgIpc) is 2.64. The lowest BCUT2D eigenvalue weighted by Gasteiger charge is -2.47. The zero-order chi connectivity index (χ0) is 22.3. The second-order valence-corrected chi connectivity index (χ2v) is 7.95. The largest absolute Gasteiger partial charge is 0.481 e. The number of nitrogens with one attached hydrogen (secondary N) is 1. The van der Waals surface area contributed by atoms with Gasteiger partial charge in [-0.25, -0.2) is 0 Å². The lowest BCUT2D eigenvalue weighted by atomic mass is 9.64. The number of hydrogen-bond acceptors (Lipinski definition) is 6. The Morgan fingerprint density at radius 1 is 1.00 bits per heavy atom. The van der Waals surface area contributed by atoms with Crippen LogP contribution in [0, 0.1) is 11.3 Å². The second-order valence-electron chi connectivity index (χ2n) is 7.95. The second kappa shape index (κ2) is 10.7. The number of rotatable bonds is 14. The molecule has 5 unspecified atom stereocenters. The van der Waals surface area contributed by atoms with Crippen molar-refractivity contribution in [3.05, 3.63) is 0 Å². The fourth-order valence-corrected chi connectivity index (χ4v) is 3.39. The molecule has 0 aliphatic heterocycles. The minimum Gasteiger partial charge on any atom is -0.481 e. The Balaban J connectivity index is 5.92. The van der Waals surface area contributed by atoms with Crippen LogP contribution < -0.4 is 11.1 Å². The summed E-state index contributed by atoms with van der Waals surface area (Å²) in [4.78, 5) is 48.1. The van der Waals surface area contributed by atoms with E-state index in [1.54, 1.807) is 20.8 Å². The van der Waals surface area contributed by atoms with Crippen molar-refractivity contribution in [1.29, 1.82) is 0 Å². The molecule has 0 aliphatic carbocycles. The van der Waals surface area contributed by atoms with Gasteiger partial charge in [-0.15, -0.1) is 0 Å². The van der Waals surface area contributed by atoms with E-state index in [9.17, 15) is 24.3 Å². The fraction of sp³-hybridized carbons (Fsp3) is 0.800. The molecule has 0 heterocycles. The molecule has 162 valence electrons. The molecule has 28 heavy (non-hydrogen) atoms. The van der Waals surface area contributed by atoms with Gasteiger partial charge < -0.3 is 21.3 Å². The summed E-state index contributed by atoms with van der Waals surface area (Å²) < 4.78 is 0. The van der Waals surface area contributed by atoms with E-state index in [4.69, 9.17) is 10.8 Å². The third kappa shape index (κ3) is 6.10. The quantitative estimate of drug-likeness (QED) is 0.346. The van der Waals surface area contributed by atoms with Crippen molar-refractivity contribution in [3.63, 3.8) is 0 Å². The number of aliphatic carboxylic acids is 2. The van der Waals surface area contributed by atoms with Crippen molar-refractivity contribution in [2.24, 2.45) is 17.1 Å². The highest BCUT2D eigenvalue weighted by Gasteiger charge is 2.49. The third-order valence-corrected chi connectivity index (χ3v) is 6.28. The first-order chi connectivity index (χ1) is 12.8. The van der Waals surface area contributed by atoms with Gasteiger partial charge in [0.05, 0.1) is 12.5 Å². The predicted octanol–water partition coefficient (Wildman–Crippen LogP) is 1.99. The van der Waals surface area contributed by atoms with Crippen LogP contribution >= 0.6 is 0 Å².